The highest BCUT2D eigenvalue weighted by Gasteiger charge is 2.08. The lowest BCUT2D eigenvalue weighted by molar-refractivity contribution is 0.873. The molecule has 0 aromatic heterocycles. The summed E-state index contributed by atoms with van der Waals surface area (Å²) in [6.45, 7) is 2.11. The molecule has 0 saturated carbocycles. The largest absolute Gasteiger partial charge is 0.384 e. The number of nitrogens with zero attached hydrogens (tertiary/aromatic N) is 1. The molecule has 0 aromatic carbocycles. The average molecular weight is 203 g/mol. The number of aliphatic imine (C=N–C) groups is 1. The van der Waals surface area contributed by atoms with Gasteiger partial charge >= 0.3 is 0 Å². The van der Waals surface area contributed by atoms with E-state index >= 15 is 0 Å². The molecule has 0 spiro atoms. The summed E-state index contributed by atoms with van der Waals surface area (Å²) in [5.74, 6) is 0.709. The maximum atomic E-state index is 5.64. The Morgan fingerprint density at radius 2 is 2.30 bits per heavy atom. The fraction of sp³-hybridized carbons (Fsp3) is 0.571. The minimum atomic E-state index is 0.709. The second kappa shape index (κ2) is 3.19. The van der Waals surface area contributed by atoms with Gasteiger partial charge in [-0.25, -0.2) is 4.99 Å². The second-order valence-corrected chi connectivity index (χ2v) is 3.25. The highest BCUT2D eigenvalue weighted by Crippen LogP contribution is 2.20. The topological polar surface area (TPSA) is 38.4 Å². The Morgan fingerprint density at radius 3 is 2.80 bits per heavy atom. The Bertz CT molecular complexity index is 194. The number of allylic oxidation sites excluding steroid dienone is 1. The number of rotatable bonds is 1. The van der Waals surface area contributed by atoms with Crippen LogP contribution >= 0.6 is 15.9 Å². The van der Waals surface area contributed by atoms with E-state index in [-0.39, 0.29) is 0 Å². The molecule has 0 radical (unpaired) electrons. The lowest BCUT2D eigenvalue weighted by atomic mass is 10.1. The molecule has 1 rings (SSSR count). The van der Waals surface area contributed by atoms with E-state index in [9.17, 15) is 0 Å². The minimum absolute atomic E-state index is 0.709. The van der Waals surface area contributed by atoms with Crippen molar-refractivity contribution in [2.75, 3.05) is 0 Å². The van der Waals surface area contributed by atoms with Crippen LogP contribution < -0.4 is 5.73 Å². The highest BCUT2D eigenvalue weighted by molar-refractivity contribution is 9.18. The maximum absolute atomic E-state index is 5.64. The monoisotopic (exact) mass is 202 g/mol. The first-order valence-corrected chi connectivity index (χ1v) is 4.24. The van der Waals surface area contributed by atoms with E-state index in [1.54, 1.807) is 0 Å². The third kappa shape index (κ3) is 1.59. The van der Waals surface area contributed by atoms with Gasteiger partial charge < -0.3 is 5.73 Å². The molecule has 3 heteroatoms. The van der Waals surface area contributed by atoms with Gasteiger partial charge in [0.2, 0.25) is 0 Å². The predicted octanol–water partition coefficient (Wildman–Crippen LogP) is 2.15. The van der Waals surface area contributed by atoms with Crippen LogP contribution in [0.15, 0.2) is 16.4 Å². The molecule has 0 atom stereocenters. The molecule has 0 saturated heterocycles. The van der Waals surface area contributed by atoms with E-state index in [0.717, 1.165) is 23.9 Å². The van der Waals surface area contributed by atoms with Gasteiger partial charge in [0.15, 0.2) is 0 Å². The Kier molecular flexibility index (Phi) is 2.49. The van der Waals surface area contributed by atoms with Crippen LogP contribution in [0, 0.1) is 0 Å². The van der Waals surface area contributed by atoms with E-state index in [4.69, 9.17) is 5.73 Å². The minimum Gasteiger partial charge on any atom is -0.384 e. The first-order chi connectivity index (χ1) is 4.74. The molecule has 1 aliphatic rings. The molecule has 1 aliphatic heterocycles. The summed E-state index contributed by atoms with van der Waals surface area (Å²) < 4.78 is 0.974. The van der Waals surface area contributed by atoms with Gasteiger partial charge in [0.1, 0.15) is 5.82 Å². The lowest BCUT2D eigenvalue weighted by Gasteiger charge is -2.11. The molecule has 2 N–H and O–H groups in total. The van der Waals surface area contributed by atoms with Crippen LogP contribution in [0.1, 0.15) is 26.2 Å². The van der Waals surface area contributed by atoms with Crippen molar-refractivity contribution >= 4 is 20.6 Å². The van der Waals surface area contributed by atoms with Crippen LogP contribution in [0.3, 0.4) is 0 Å². The van der Waals surface area contributed by atoms with E-state index in [1.807, 2.05) is 0 Å². The van der Waals surface area contributed by atoms with E-state index < -0.39 is 0 Å². The number of halogens is 1. The molecule has 2 nitrogen and oxygen atoms in total. The summed E-state index contributed by atoms with van der Waals surface area (Å²) in [6, 6.07) is 0. The summed E-state index contributed by atoms with van der Waals surface area (Å²) in [6.07, 6.45) is 3.09. The quantitative estimate of drug-likeness (QED) is 0.696. The molecule has 0 bridgehead atoms. The number of hydrogen-bond acceptors (Lipinski definition) is 2. The molecule has 0 unspecified atom stereocenters. The third-order valence-electron chi connectivity index (χ3n) is 1.66. The van der Waals surface area contributed by atoms with Gasteiger partial charge in [0.25, 0.3) is 0 Å². The maximum Gasteiger partial charge on any atom is 0.123 e. The molecule has 0 aromatic rings. The van der Waals surface area contributed by atoms with Crippen LogP contribution in [0.5, 0.6) is 0 Å². The second-order valence-electron chi connectivity index (χ2n) is 2.33. The van der Waals surface area contributed by atoms with Crippen molar-refractivity contribution in [3.8, 4) is 0 Å². The van der Waals surface area contributed by atoms with Crippen molar-refractivity contribution in [1.82, 2.24) is 0 Å². The molecule has 1 heterocycles. The van der Waals surface area contributed by atoms with Crippen molar-refractivity contribution in [2.24, 2.45) is 10.7 Å². The van der Waals surface area contributed by atoms with Gasteiger partial charge in [-0.05, 0) is 34.3 Å². The molecule has 0 amide bonds. The molecule has 0 fully saturated rings. The van der Waals surface area contributed by atoms with Crippen molar-refractivity contribution in [1.29, 1.82) is 0 Å². The Balaban J connectivity index is 2.80. The molecular formula is C7H11BrN2. The smallest absolute Gasteiger partial charge is 0.123 e. The third-order valence-corrected chi connectivity index (χ3v) is 2.24. The van der Waals surface area contributed by atoms with Crippen LogP contribution in [-0.4, -0.2) is 4.62 Å². The summed E-state index contributed by atoms with van der Waals surface area (Å²) in [5, 5.41) is 0. The van der Waals surface area contributed by atoms with E-state index in [1.165, 1.54) is 5.57 Å². The molecule has 0 aliphatic carbocycles. The lowest BCUT2D eigenvalue weighted by Crippen LogP contribution is -2.07. The average Bonchev–Trinajstić information content (AvgIpc) is 1.88. The van der Waals surface area contributed by atoms with Crippen LogP contribution in [0.4, 0.5) is 0 Å². The summed E-state index contributed by atoms with van der Waals surface area (Å²) in [4.78, 5) is 4.13. The summed E-state index contributed by atoms with van der Waals surface area (Å²) in [7, 11) is 0. The first-order valence-electron chi connectivity index (χ1n) is 3.44. The Hall–Kier alpha value is -0.310. The van der Waals surface area contributed by atoms with Crippen LogP contribution in [-0.2, 0) is 0 Å². The van der Waals surface area contributed by atoms with Crippen molar-refractivity contribution in [3.63, 3.8) is 0 Å². The van der Waals surface area contributed by atoms with Gasteiger partial charge in [0, 0.05) is 6.42 Å². The number of nitrogens with two attached hydrogens (primary N) is 1. The Labute approximate surface area is 69.3 Å². The molecular weight excluding hydrogens is 192 g/mol. The fourth-order valence-corrected chi connectivity index (χ4v) is 1.39. The van der Waals surface area contributed by atoms with Crippen molar-refractivity contribution < 1.29 is 0 Å². The zero-order valence-corrected chi connectivity index (χ0v) is 7.61. The highest BCUT2D eigenvalue weighted by atomic mass is 79.9. The predicted molar refractivity (Wildman–Crippen MR) is 47.1 cm³/mol. The van der Waals surface area contributed by atoms with Crippen LogP contribution in [0.25, 0.3) is 0 Å². The zero-order chi connectivity index (χ0) is 7.56. The number of hydrogen-bond donors (Lipinski definition) is 1. The van der Waals surface area contributed by atoms with Gasteiger partial charge in [0.05, 0.1) is 4.62 Å². The SMILES string of the molecule is CCC1=C(N)N=C(Br)CC1. The Morgan fingerprint density at radius 1 is 1.60 bits per heavy atom. The molecule has 56 valence electrons. The van der Waals surface area contributed by atoms with Gasteiger partial charge in [-0.3, -0.25) is 0 Å². The summed E-state index contributed by atoms with van der Waals surface area (Å²) in [5.41, 5.74) is 6.92. The van der Waals surface area contributed by atoms with E-state index in [2.05, 4.69) is 27.8 Å². The van der Waals surface area contributed by atoms with Crippen LogP contribution in [0.2, 0.25) is 0 Å². The van der Waals surface area contributed by atoms with Gasteiger partial charge in [-0.1, -0.05) is 6.92 Å². The molecule has 10 heavy (non-hydrogen) atoms. The van der Waals surface area contributed by atoms with Gasteiger partial charge in [-0.2, -0.15) is 0 Å². The fourth-order valence-electron chi connectivity index (χ4n) is 1.01. The zero-order valence-electron chi connectivity index (χ0n) is 6.02. The van der Waals surface area contributed by atoms with Gasteiger partial charge in [-0.15, -0.1) is 0 Å². The van der Waals surface area contributed by atoms with Crippen molar-refractivity contribution in [2.45, 2.75) is 26.2 Å². The summed E-state index contributed by atoms with van der Waals surface area (Å²) >= 11 is 3.32. The standard InChI is InChI=1S/C7H11BrN2/c1-2-5-3-4-6(8)10-7(5)9/h2-4,9H2,1H3. The normalized spacial score (nSPS) is 19.2. The van der Waals surface area contributed by atoms with E-state index in [0.29, 0.717) is 5.82 Å². The first kappa shape index (κ1) is 7.79. The van der Waals surface area contributed by atoms with Crippen molar-refractivity contribution in [3.05, 3.63) is 11.4 Å².